The van der Waals surface area contributed by atoms with Crippen LogP contribution in [0.1, 0.15) is 6.42 Å². The summed E-state index contributed by atoms with van der Waals surface area (Å²) in [7, 11) is 0. The number of fused-ring (bicyclic) bond motifs is 1. The molecule has 0 bridgehead atoms. The fourth-order valence-electron chi connectivity index (χ4n) is 3.09. The normalized spacial score (nSPS) is 20.8. The molecule has 3 nitrogen and oxygen atoms in total. The van der Waals surface area contributed by atoms with Gasteiger partial charge < -0.3 is 0 Å². The molecular weight excluding hydrogens is 341 g/mol. The number of benzene rings is 2. The summed E-state index contributed by atoms with van der Waals surface area (Å²) >= 11 is 5.93. The number of hydrogen-bond acceptors (Lipinski definition) is 2. The Labute approximate surface area is 141 Å². The lowest BCUT2D eigenvalue weighted by molar-refractivity contribution is -0.119. The molecule has 1 atom stereocenters. The van der Waals surface area contributed by atoms with Gasteiger partial charge in [0.15, 0.2) is 5.82 Å². The molecule has 2 aromatic rings. The first kappa shape index (κ1) is 15.5. The molecule has 0 unspecified atom stereocenters. The SMILES string of the molecule is O=C([C@@H]1CC(F)(F)CN1)N1c2c(-c3ccccc3)cc(Cl)c(F)c21. The van der Waals surface area contributed by atoms with Gasteiger partial charge >= 0.3 is 0 Å². The van der Waals surface area contributed by atoms with E-state index in [4.69, 9.17) is 11.6 Å². The van der Waals surface area contributed by atoms with Crippen LogP contribution in [-0.4, -0.2) is 24.4 Å². The molecule has 2 aliphatic heterocycles. The summed E-state index contributed by atoms with van der Waals surface area (Å²) in [6, 6.07) is 9.50. The first-order chi connectivity index (χ1) is 11.4. The Hall–Kier alpha value is -2.05. The van der Waals surface area contributed by atoms with E-state index in [1.165, 1.54) is 6.07 Å². The van der Waals surface area contributed by atoms with Gasteiger partial charge in [-0.05, 0) is 11.6 Å². The maximum atomic E-state index is 14.2. The number of carbonyl (C=O) groups is 1. The molecule has 2 aromatic carbocycles. The Balaban J connectivity index is 1.71. The van der Waals surface area contributed by atoms with Crippen molar-refractivity contribution in [1.29, 1.82) is 0 Å². The zero-order chi connectivity index (χ0) is 17.1. The average Bonchev–Trinajstić information content (AvgIpc) is 3.20. The van der Waals surface area contributed by atoms with Gasteiger partial charge in [0.05, 0.1) is 23.3 Å². The second-order valence-electron chi connectivity index (χ2n) is 5.95. The van der Waals surface area contributed by atoms with E-state index in [2.05, 4.69) is 5.32 Å². The smallest absolute Gasteiger partial charge is 0.262 e. The van der Waals surface area contributed by atoms with E-state index >= 15 is 0 Å². The highest BCUT2D eigenvalue weighted by Gasteiger charge is 2.50. The molecule has 2 aliphatic rings. The predicted molar refractivity (Wildman–Crippen MR) is 85.3 cm³/mol. The second kappa shape index (κ2) is 5.22. The van der Waals surface area contributed by atoms with E-state index in [0.717, 1.165) is 10.5 Å². The molecule has 124 valence electrons. The molecule has 2 heterocycles. The standard InChI is InChI=1S/C17H12ClF3N2O/c18-11-6-10(9-4-2-1-3-5-9)14-15(13(11)19)23(14)16(24)12-7-17(20,21)8-22-12/h1-6,12,22H,7-8H2/t12-,23?/m0/s1. The van der Waals surface area contributed by atoms with E-state index in [-0.39, 0.29) is 10.7 Å². The average molecular weight is 353 g/mol. The van der Waals surface area contributed by atoms with Gasteiger partial charge in [-0.2, -0.15) is 0 Å². The molecular formula is C17H12ClF3N2O. The van der Waals surface area contributed by atoms with Crippen molar-refractivity contribution in [3.63, 3.8) is 0 Å². The van der Waals surface area contributed by atoms with Gasteiger partial charge in [0.25, 0.3) is 5.92 Å². The zero-order valence-electron chi connectivity index (χ0n) is 12.3. The maximum absolute atomic E-state index is 14.2. The van der Waals surface area contributed by atoms with Crippen LogP contribution in [0, 0.1) is 5.82 Å². The quantitative estimate of drug-likeness (QED) is 0.824. The number of anilines is 2. The minimum Gasteiger partial charge on any atom is -0.300 e. The number of nitrogens with one attached hydrogen (secondary N) is 1. The van der Waals surface area contributed by atoms with E-state index in [1.54, 1.807) is 0 Å². The lowest BCUT2D eigenvalue weighted by atomic mass is 10.1. The van der Waals surface area contributed by atoms with Crippen LogP contribution in [0.2, 0.25) is 5.02 Å². The molecule has 1 amide bonds. The van der Waals surface area contributed by atoms with E-state index in [1.807, 2.05) is 30.3 Å². The van der Waals surface area contributed by atoms with Crippen molar-refractivity contribution in [2.45, 2.75) is 18.4 Å². The molecule has 0 aliphatic carbocycles. The molecule has 24 heavy (non-hydrogen) atoms. The van der Waals surface area contributed by atoms with Crippen molar-refractivity contribution in [1.82, 2.24) is 5.32 Å². The van der Waals surface area contributed by atoms with Crippen molar-refractivity contribution in [3.8, 4) is 11.1 Å². The molecule has 1 N–H and O–H groups in total. The summed E-state index contributed by atoms with van der Waals surface area (Å²) in [6.45, 7) is -0.553. The number of rotatable bonds is 2. The lowest BCUT2D eigenvalue weighted by Gasteiger charge is -2.10. The number of alkyl halides is 2. The van der Waals surface area contributed by atoms with Crippen molar-refractivity contribution in [2.24, 2.45) is 0 Å². The molecule has 0 radical (unpaired) electrons. The van der Waals surface area contributed by atoms with Crippen LogP contribution in [0.25, 0.3) is 11.1 Å². The Bertz CT molecular complexity index is 841. The molecule has 0 aromatic heterocycles. The Morgan fingerprint density at radius 2 is 1.96 bits per heavy atom. The highest BCUT2D eigenvalue weighted by molar-refractivity contribution is 6.34. The molecule has 7 heteroatoms. The number of amides is 1. The summed E-state index contributed by atoms with van der Waals surface area (Å²) in [5.41, 5.74) is 1.85. The minimum absolute atomic E-state index is 0.0726. The van der Waals surface area contributed by atoms with Gasteiger partial charge in [-0.1, -0.05) is 41.9 Å². The first-order valence-electron chi connectivity index (χ1n) is 7.42. The fourth-order valence-corrected chi connectivity index (χ4v) is 3.29. The van der Waals surface area contributed by atoms with Crippen LogP contribution < -0.4 is 10.2 Å². The third-order valence-corrected chi connectivity index (χ3v) is 4.55. The second-order valence-corrected chi connectivity index (χ2v) is 6.36. The van der Waals surface area contributed by atoms with Crippen molar-refractivity contribution in [2.75, 3.05) is 11.4 Å². The molecule has 0 spiro atoms. The number of halogens is 4. The molecule has 1 saturated heterocycles. The minimum atomic E-state index is -2.93. The van der Waals surface area contributed by atoms with Gasteiger partial charge in [0, 0.05) is 12.0 Å². The van der Waals surface area contributed by atoms with E-state index in [9.17, 15) is 18.0 Å². The van der Waals surface area contributed by atoms with Crippen molar-refractivity contribution < 1.29 is 18.0 Å². The fraction of sp³-hybridized carbons (Fsp3) is 0.235. The van der Waals surface area contributed by atoms with Crippen LogP contribution in [0.4, 0.5) is 24.5 Å². The van der Waals surface area contributed by atoms with Gasteiger partial charge in [0.2, 0.25) is 5.91 Å². The largest absolute Gasteiger partial charge is 0.300 e. The molecule has 4 rings (SSSR count). The monoisotopic (exact) mass is 352 g/mol. The molecule has 0 saturated carbocycles. The summed E-state index contributed by atoms with van der Waals surface area (Å²) < 4.78 is 40.9. The Morgan fingerprint density at radius 3 is 2.58 bits per heavy atom. The van der Waals surface area contributed by atoms with Crippen molar-refractivity contribution >= 4 is 28.9 Å². The third kappa shape index (κ3) is 2.37. The van der Waals surface area contributed by atoms with Gasteiger partial charge in [0.1, 0.15) is 5.69 Å². The number of hydrogen-bond donors (Lipinski definition) is 1. The predicted octanol–water partition coefficient (Wildman–Crippen LogP) is 4.12. The highest BCUT2D eigenvalue weighted by atomic mass is 35.5. The highest BCUT2D eigenvalue weighted by Crippen LogP contribution is 2.57. The topological polar surface area (TPSA) is 32.1 Å². The van der Waals surface area contributed by atoms with Crippen LogP contribution in [0.15, 0.2) is 36.4 Å². The summed E-state index contributed by atoms with van der Waals surface area (Å²) in [6.07, 6.45) is -0.591. The van der Waals surface area contributed by atoms with Crippen LogP contribution >= 0.6 is 11.6 Å². The van der Waals surface area contributed by atoms with Crippen LogP contribution in [0.5, 0.6) is 0 Å². The molecule has 1 fully saturated rings. The van der Waals surface area contributed by atoms with Crippen molar-refractivity contribution in [3.05, 3.63) is 47.2 Å². The number of nitrogens with zero attached hydrogens (tertiary/aromatic N) is 1. The maximum Gasteiger partial charge on any atom is 0.262 e. The Kier molecular flexibility index (Phi) is 3.37. The first-order valence-corrected chi connectivity index (χ1v) is 7.79. The van der Waals surface area contributed by atoms with Crippen LogP contribution in [0.3, 0.4) is 0 Å². The van der Waals surface area contributed by atoms with E-state index in [0.29, 0.717) is 11.3 Å². The third-order valence-electron chi connectivity index (χ3n) is 4.28. The van der Waals surface area contributed by atoms with Crippen LogP contribution in [-0.2, 0) is 4.79 Å². The lowest BCUT2D eigenvalue weighted by Crippen LogP contribution is -2.36. The van der Waals surface area contributed by atoms with Gasteiger partial charge in [-0.3, -0.25) is 15.0 Å². The summed E-state index contributed by atoms with van der Waals surface area (Å²) in [5, 5.41) is 2.40. The van der Waals surface area contributed by atoms with E-state index < -0.39 is 36.7 Å². The Morgan fingerprint density at radius 1 is 1.25 bits per heavy atom. The summed E-state index contributed by atoms with van der Waals surface area (Å²) in [5.74, 6) is -4.22. The zero-order valence-corrected chi connectivity index (χ0v) is 13.1. The van der Waals surface area contributed by atoms with Gasteiger partial charge in [-0.25, -0.2) is 13.2 Å². The summed E-state index contributed by atoms with van der Waals surface area (Å²) in [4.78, 5) is 13.7. The number of carbonyl (C=O) groups excluding carboxylic acids is 1. The van der Waals surface area contributed by atoms with Gasteiger partial charge in [-0.15, -0.1) is 0 Å².